The minimum Gasteiger partial charge on any atom is -0.370 e. The van der Waals surface area contributed by atoms with Crippen molar-refractivity contribution in [2.24, 2.45) is 17.8 Å². The molecule has 150 valence electrons. The van der Waals surface area contributed by atoms with Crippen LogP contribution in [-0.2, 0) is 13.0 Å². The van der Waals surface area contributed by atoms with Gasteiger partial charge in [-0.3, -0.25) is 4.79 Å². The largest absolute Gasteiger partial charge is 0.370 e. The molecule has 2 heterocycles. The summed E-state index contributed by atoms with van der Waals surface area (Å²) in [6, 6.07) is 13.2. The molecular weight excluding hydrogens is 344 g/mol. The van der Waals surface area contributed by atoms with E-state index in [0.717, 1.165) is 61.7 Å². The fraction of sp³-hybridized carbons (Fsp3) is 0.560. The van der Waals surface area contributed by atoms with Gasteiger partial charge in [0.05, 0.1) is 0 Å². The molecule has 1 aromatic carbocycles. The highest BCUT2D eigenvalue weighted by atomic mass is 16.1. The fourth-order valence-corrected chi connectivity index (χ4v) is 5.01. The zero-order valence-corrected chi connectivity index (χ0v) is 17.6. The third-order valence-electron chi connectivity index (χ3n) is 6.61. The van der Waals surface area contributed by atoms with Gasteiger partial charge in [0.1, 0.15) is 0 Å². The van der Waals surface area contributed by atoms with Gasteiger partial charge in [0.15, 0.2) is 0 Å². The Morgan fingerprint density at radius 2 is 1.68 bits per heavy atom. The monoisotopic (exact) mass is 378 g/mol. The van der Waals surface area contributed by atoms with E-state index in [9.17, 15) is 4.79 Å². The molecule has 1 saturated heterocycles. The molecule has 3 nitrogen and oxygen atoms in total. The van der Waals surface area contributed by atoms with Gasteiger partial charge < -0.3 is 9.47 Å². The van der Waals surface area contributed by atoms with Gasteiger partial charge in [0.2, 0.25) is 0 Å². The number of rotatable bonds is 6. The average molecular weight is 379 g/mol. The Morgan fingerprint density at radius 3 is 2.29 bits per heavy atom. The third kappa shape index (κ3) is 3.64. The van der Waals surface area contributed by atoms with E-state index in [1.165, 1.54) is 24.1 Å². The second-order valence-corrected chi connectivity index (χ2v) is 8.50. The summed E-state index contributed by atoms with van der Waals surface area (Å²) in [6.07, 6.45) is 6.55. The molecule has 0 N–H and O–H groups in total. The van der Waals surface area contributed by atoms with Crippen molar-refractivity contribution in [1.29, 1.82) is 0 Å². The predicted octanol–water partition coefficient (Wildman–Crippen LogP) is 5.09. The highest BCUT2D eigenvalue weighted by Crippen LogP contribution is 2.58. The lowest BCUT2D eigenvalue weighted by Crippen LogP contribution is -2.31. The normalized spacial score (nSPS) is 25.1. The van der Waals surface area contributed by atoms with Crippen LogP contribution >= 0.6 is 0 Å². The van der Waals surface area contributed by atoms with Crippen molar-refractivity contribution in [2.45, 2.75) is 58.9 Å². The van der Waals surface area contributed by atoms with Gasteiger partial charge >= 0.3 is 0 Å². The molecule has 5 rings (SSSR count). The van der Waals surface area contributed by atoms with Crippen LogP contribution in [0.15, 0.2) is 47.4 Å². The predicted molar refractivity (Wildman–Crippen MR) is 117 cm³/mol. The number of nitrogens with zero attached hydrogens (tertiary/aromatic N) is 2. The number of piperidine rings is 1. The maximum absolute atomic E-state index is 13.0. The summed E-state index contributed by atoms with van der Waals surface area (Å²) in [7, 11) is 0. The van der Waals surface area contributed by atoms with Gasteiger partial charge in [0.25, 0.3) is 5.56 Å². The molecule has 2 saturated carbocycles. The first-order valence-corrected chi connectivity index (χ1v) is 11.3. The molecule has 0 radical (unpaired) electrons. The molecule has 28 heavy (non-hydrogen) atoms. The molecule has 0 amide bonds. The quantitative estimate of drug-likeness (QED) is 0.700. The third-order valence-corrected chi connectivity index (χ3v) is 6.61. The van der Waals surface area contributed by atoms with Gasteiger partial charge in [-0.25, -0.2) is 0 Å². The van der Waals surface area contributed by atoms with Crippen molar-refractivity contribution >= 4 is 5.69 Å². The lowest BCUT2D eigenvalue weighted by molar-refractivity contribution is 0.599. The lowest BCUT2D eigenvalue weighted by atomic mass is 10.1. The number of aromatic nitrogens is 1. The summed E-state index contributed by atoms with van der Waals surface area (Å²) in [5.74, 6) is 3.00. The lowest BCUT2D eigenvalue weighted by Gasteiger charge is -2.25. The summed E-state index contributed by atoms with van der Waals surface area (Å²) in [6.45, 7) is 9.30. The van der Waals surface area contributed by atoms with Crippen LogP contribution in [0.2, 0.25) is 0 Å². The van der Waals surface area contributed by atoms with Crippen LogP contribution in [-0.4, -0.2) is 17.7 Å². The topological polar surface area (TPSA) is 25.2 Å². The molecule has 2 aliphatic carbocycles. The summed E-state index contributed by atoms with van der Waals surface area (Å²) in [5, 5.41) is 0. The van der Waals surface area contributed by atoms with Gasteiger partial charge in [-0.15, -0.1) is 0 Å². The van der Waals surface area contributed by atoms with Gasteiger partial charge in [-0.1, -0.05) is 57.5 Å². The van der Waals surface area contributed by atoms with Crippen molar-refractivity contribution in [3.63, 3.8) is 0 Å². The Labute approximate surface area is 169 Å². The molecule has 3 heteroatoms. The van der Waals surface area contributed by atoms with E-state index in [2.05, 4.69) is 48.2 Å². The average Bonchev–Trinajstić information content (AvgIpc) is 3.64. The second-order valence-electron chi connectivity index (χ2n) is 8.50. The Bertz CT molecular complexity index is 841. The second kappa shape index (κ2) is 8.14. The van der Waals surface area contributed by atoms with Crippen LogP contribution in [0.4, 0.5) is 5.69 Å². The van der Waals surface area contributed by atoms with Crippen LogP contribution in [0.1, 0.15) is 57.1 Å². The van der Waals surface area contributed by atoms with Crippen molar-refractivity contribution in [1.82, 2.24) is 4.57 Å². The van der Waals surface area contributed by atoms with Gasteiger partial charge in [-0.2, -0.15) is 0 Å². The van der Waals surface area contributed by atoms with E-state index in [4.69, 9.17) is 0 Å². The maximum atomic E-state index is 13.0. The fourth-order valence-electron chi connectivity index (χ4n) is 5.01. The molecule has 3 aliphatic rings. The van der Waals surface area contributed by atoms with Crippen LogP contribution < -0.4 is 10.5 Å². The molecule has 0 spiro atoms. The highest BCUT2D eigenvalue weighted by Gasteiger charge is 2.56. The van der Waals surface area contributed by atoms with Crippen molar-refractivity contribution in [3.8, 4) is 0 Å². The molecule has 0 bridgehead atoms. The van der Waals surface area contributed by atoms with E-state index < -0.39 is 0 Å². The Morgan fingerprint density at radius 1 is 1.00 bits per heavy atom. The standard InChI is InChI=1S/C23H28N2O.C2H6/c1-2-6-18-21(11-12-24(23(18)26)13-16-9-10-16)25-14-19-20(15-25)22(19)17-7-4-3-5-8-17;1-2/h3-5,7-8,11-12,16,19-20,22H,2,6,9-10,13-15H2,1H3;1-2H3/t19-,20+,22?;. The van der Waals surface area contributed by atoms with Crippen molar-refractivity contribution < 1.29 is 0 Å². The first kappa shape index (κ1) is 19.3. The summed E-state index contributed by atoms with van der Waals surface area (Å²) < 4.78 is 1.97. The van der Waals surface area contributed by atoms with Gasteiger partial charge in [-0.05, 0) is 54.6 Å². The summed E-state index contributed by atoms with van der Waals surface area (Å²) in [4.78, 5) is 15.5. The number of hydrogen-bond acceptors (Lipinski definition) is 2. The Kier molecular flexibility index (Phi) is 5.61. The van der Waals surface area contributed by atoms with E-state index in [1.807, 2.05) is 24.6 Å². The minimum absolute atomic E-state index is 0.261. The molecule has 2 aromatic rings. The summed E-state index contributed by atoms with van der Waals surface area (Å²) >= 11 is 0. The van der Waals surface area contributed by atoms with E-state index in [1.54, 1.807) is 0 Å². The number of fused-ring (bicyclic) bond motifs is 1. The van der Waals surface area contributed by atoms with E-state index in [-0.39, 0.29) is 5.56 Å². The first-order valence-electron chi connectivity index (χ1n) is 11.3. The van der Waals surface area contributed by atoms with Crippen LogP contribution in [0.3, 0.4) is 0 Å². The Balaban J connectivity index is 0.000000932. The van der Waals surface area contributed by atoms with E-state index >= 15 is 0 Å². The minimum atomic E-state index is 0.261. The molecule has 1 unspecified atom stereocenters. The number of benzene rings is 1. The number of hydrogen-bond donors (Lipinski definition) is 0. The van der Waals surface area contributed by atoms with Crippen LogP contribution in [0.25, 0.3) is 0 Å². The smallest absolute Gasteiger partial charge is 0.255 e. The number of pyridine rings is 1. The molecule has 3 fully saturated rings. The van der Waals surface area contributed by atoms with Crippen LogP contribution in [0, 0.1) is 17.8 Å². The molecule has 1 aliphatic heterocycles. The highest BCUT2D eigenvalue weighted by molar-refractivity contribution is 5.55. The zero-order chi connectivity index (χ0) is 19.7. The van der Waals surface area contributed by atoms with E-state index in [0.29, 0.717) is 0 Å². The zero-order valence-electron chi connectivity index (χ0n) is 17.6. The number of anilines is 1. The maximum Gasteiger partial charge on any atom is 0.255 e. The Hall–Kier alpha value is -2.03. The van der Waals surface area contributed by atoms with Crippen molar-refractivity contribution in [2.75, 3.05) is 18.0 Å². The van der Waals surface area contributed by atoms with Crippen molar-refractivity contribution in [3.05, 3.63) is 64.1 Å². The summed E-state index contributed by atoms with van der Waals surface area (Å²) in [5.41, 5.74) is 4.02. The SMILES string of the molecule is CC.CCCc1c(N2C[C@@H]3C(c4ccccc4)[C@@H]3C2)ccn(CC2CC2)c1=O. The molecule has 3 atom stereocenters. The van der Waals surface area contributed by atoms with Crippen LogP contribution in [0.5, 0.6) is 0 Å². The first-order chi connectivity index (χ1) is 13.8. The molecular formula is C25H34N2O. The van der Waals surface area contributed by atoms with Gasteiger partial charge in [0, 0.05) is 37.1 Å². The molecule has 1 aromatic heterocycles.